The number of carbonyl (C=O) groups is 1. The van der Waals surface area contributed by atoms with Crippen LogP contribution in [0.2, 0.25) is 0 Å². The van der Waals surface area contributed by atoms with E-state index in [0.29, 0.717) is 18.0 Å². The number of aromatic hydroxyl groups is 1. The molecule has 0 bridgehead atoms. The maximum atomic E-state index is 12.9. The highest BCUT2D eigenvalue weighted by atomic mass is 32.2. The fraction of sp³-hybridized carbons (Fsp3) is 0.400. The topological polar surface area (TPSA) is 106 Å². The Labute approximate surface area is 193 Å². The molecule has 8 heteroatoms. The lowest BCUT2D eigenvalue weighted by atomic mass is 9.87. The second kappa shape index (κ2) is 8.74. The van der Waals surface area contributed by atoms with Crippen LogP contribution in [0.3, 0.4) is 0 Å². The van der Waals surface area contributed by atoms with E-state index in [9.17, 15) is 23.4 Å². The van der Waals surface area contributed by atoms with Crippen molar-refractivity contribution in [1.29, 1.82) is 0 Å². The first-order valence-electron chi connectivity index (χ1n) is 11.2. The monoisotopic (exact) mass is 471 g/mol. The van der Waals surface area contributed by atoms with Crippen molar-refractivity contribution >= 4 is 26.7 Å². The molecule has 1 saturated carbocycles. The molecule has 2 aromatic carbocycles. The lowest BCUT2D eigenvalue weighted by molar-refractivity contribution is 0.0685. The molecule has 0 spiro atoms. The summed E-state index contributed by atoms with van der Waals surface area (Å²) in [5.41, 5.74) is 2.63. The van der Waals surface area contributed by atoms with E-state index in [-0.39, 0.29) is 28.0 Å². The van der Waals surface area contributed by atoms with Gasteiger partial charge in [-0.1, -0.05) is 13.3 Å². The molecule has 0 aliphatic heterocycles. The van der Waals surface area contributed by atoms with Gasteiger partial charge in [-0.05, 0) is 68.9 Å². The van der Waals surface area contributed by atoms with Crippen molar-refractivity contribution in [3.63, 3.8) is 0 Å². The molecule has 1 fully saturated rings. The zero-order valence-corrected chi connectivity index (χ0v) is 19.9. The van der Waals surface area contributed by atoms with Crippen molar-refractivity contribution in [3.8, 4) is 17.2 Å². The van der Waals surface area contributed by atoms with E-state index in [2.05, 4.69) is 0 Å². The summed E-state index contributed by atoms with van der Waals surface area (Å²) >= 11 is 0. The van der Waals surface area contributed by atoms with Crippen LogP contribution in [0.25, 0.3) is 10.9 Å². The average molecular weight is 472 g/mol. The van der Waals surface area contributed by atoms with Crippen LogP contribution in [0.4, 0.5) is 0 Å². The molecule has 176 valence electrons. The highest BCUT2D eigenvalue weighted by Crippen LogP contribution is 2.39. The average Bonchev–Trinajstić information content (AvgIpc) is 3.08. The molecule has 0 saturated heterocycles. The van der Waals surface area contributed by atoms with Crippen molar-refractivity contribution in [3.05, 3.63) is 47.2 Å². The van der Waals surface area contributed by atoms with Gasteiger partial charge in [-0.3, -0.25) is 0 Å². The number of phenols is 1. The number of rotatable bonds is 8. The van der Waals surface area contributed by atoms with Crippen LogP contribution >= 0.6 is 0 Å². The van der Waals surface area contributed by atoms with E-state index >= 15 is 0 Å². The van der Waals surface area contributed by atoms with Gasteiger partial charge in [0.05, 0.1) is 5.75 Å². The smallest absolute Gasteiger partial charge is 0.352 e. The molecule has 1 aliphatic carbocycles. The number of aryl methyl sites for hydroxylation is 3. The Balaban J connectivity index is 1.74. The fourth-order valence-electron chi connectivity index (χ4n) is 4.49. The third-order valence-electron chi connectivity index (χ3n) is 6.43. The second-order valence-electron chi connectivity index (χ2n) is 8.88. The lowest BCUT2D eigenvalue weighted by Gasteiger charge is -2.25. The molecule has 3 aromatic rings. The van der Waals surface area contributed by atoms with E-state index in [1.807, 2.05) is 26.8 Å². The van der Waals surface area contributed by atoms with Gasteiger partial charge in [-0.25, -0.2) is 13.2 Å². The minimum Gasteiger partial charge on any atom is -0.507 e. The van der Waals surface area contributed by atoms with Crippen LogP contribution in [0.15, 0.2) is 35.2 Å². The van der Waals surface area contributed by atoms with E-state index in [1.54, 1.807) is 10.6 Å². The predicted molar refractivity (Wildman–Crippen MR) is 126 cm³/mol. The molecule has 4 rings (SSSR count). The molecule has 0 radical (unpaired) electrons. The Bertz CT molecular complexity index is 1330. The van der Waals surface area contributed by atoms with Crippen LogP contribution < -0.4 is 4.74 Å². The summed E-state index contributed by atoms with van der Waals surface area (Å²) in [5.74, 6) is -0.261. The molecule has 1 aromatic heterocycles. The van der Waals surface area contributed by atoms with Crippen molar-refractivity contribution in [2.75, 3.05) is 5.75 Å². The van der Waals surface area contributed by atoms with Crippen molar-refractivity contribution < 1.29 is 28.2 Å². The van der Waals surface area contributed by atoms with Gasteiger partial charge >= 0.3 is 5.97 Å². The minimum atomic E-state index is -3.64. The highest BCUT2D eigenvalue weighted by Gasteiger charge is 2.28. The largest absolute Gasteiger partial charge is 0.507 e. The van der Waals surface area contributed by atoms with E-state index in [4.69, 9.17) is 4.74 Å². The zero-order valence-electron chi connectivity index (χ0n) is 19.1. The zero-order chi connectivity index (χ0) is 23.9. The number of ether oxygens (including phenoxy) is 1. The Morgan fingerprint density at radius 2 is 1.91 bits per heavy atom. The molecule has 0 unspecified atom stereocenters. The molecule has 7 nitrogen and oxygen atoms in total. The van der Waals surface area contributed by atoms with Gasteiger partial charge < -0.3 is 19.5 Å². The number of aromatic carboxylic acids is 1. The quantitative estimate of drug-likeness (QED) is 0.453. The lowest BCUT2D eigenvalue weighted by Crippen LogP contribution is -2.22. The van der Waals surface area contributed by atoms with E-state index < -0.39 is 15.8 Å². The highest BCUT2D eigenvalue weighted by molar-refractivity contribution is 7.91. The first-order valence-corrected chi connectivity index (χ1v) is 12.9. The van der Waals surface area contributed by atoms with Crippen molar-refractivity contribution in [2.24, 2.45) is 5.92 Å². The molecule has 2 N–H and O–H groups in total. The number of hydrogen-bond acceptors (Lipinski definition) is 5. The molecule has 1 heterocycles. The molecule has 33 heavy (non-hydrogen) atoms. The van der Waals surface area contributed by atoms with Crippen LogP contribution in [-0.2, 0) is 16.4 Å². The molecule has 0 atom stereocenters. The Hall–Kier alpha value is -3.00. The first kappa shape index (κ1) is 23.2. The number of nitrogens with zero attached hydrogens (tertiary/aromatic N) is 1. The normalized spacial score (nSPS) is 14.4. The third kappa shape index (κ3) is 4.31. The van der Waals surface area contributed by atoms with Gasteiger partial charge in [-0.2, -0.15) is 0 Å². The van der Waals surface area contributed by atoms with Crippen LogP contribution in [-0.4, -0.2) is 34.9 Å². The number of hydrogen-bond donors (Lipinski definition) is 2. The maximum absolute atomic E-state index is 12.9. The van der Waals surface area contributed by atoms with E-state index in [0.717, 1.165) is 47.7 Å². The summed E-state index contributed by atoms with van der Waals surface area (Å²) in [6.45, 7) is 6.32. The predicted octanol–water partition coefficient (Wildman–Crippen LogP) is 5.44. The standard InChI is InChI=1S/C25H29NO6S/c1-4-10-26-20-11-15(2)24(16(3)19(20)13-21(26)25(28)29)32-18-8-9-22(27)23(12-18)33(30,31)14-17-6-5-7-17/h8-9,11-13,17,27H,4-7,10,14H2,1-3H3,(H,28,29). The summed E-state index contributed by atoms with van der Waals surface area (Å²) in [6.07, 6.45) is 3.63. The van der Waals surface area contributed by atoms with Gasteiger partial charge in [0, 0.05) is 29.1 Å². The number of sulfone groups is 1. The number of carboxylic acid groups (broad SMARTS) is 1. The summed E-state index contributed by atoms with van der Waals surface area (Å²) in [5, 5.41) is 20.7. The van der Waals surface area contributed by atoms with Gasteiger partial charge in [0.15, 0.2) is 9.84 Å². The van der Waals surface area contributed by atoms with Crippen LogP contribution in [0, 0.1) is 19.8 Å². The van der Waals surface area contributed by atoms with Gasteiger partial charge in [0.2, 0.25) is 0 Å². The van der Waals surface area contributed by atoms with Gasteiger partial charge in [0.1, 0.15) is 27.8 Å². The molecule has 0 amide bonds. The number of phenolic OH excluding ortho intramolecular Hbond substituents is 1. The van der Waals surface area contributed by atoms with Crippen LogP contribution in [0.1, 0.15) is 54.2 Å². The van der Waals surface area contributed by atoms with Crippen molar-refractivity contribution in [1.82, 2.24) is 4.57 Å². The fourth-order valence-corrected chi connectivity index (χ4v) is 6.31. The maximum Gasteiger partial charge on any atom is 0.352 e. The van der Waals surface area contributed by atoms with Crippen molar-refractivity contribution in [2.45, 2.75) is 57.9 Å². The number of carboxylic acids is 1. The Kier molecular flexibility index (Phi) is 6.14. The minimum absolute atomic E-state index is 0.0247. The van der Waals surface area contributed by atoms with E-state index in [1.165, 1.54) is 18.2 Å². The summed E-state index contributed by atoms with van der Waals surface area (Å²) in [7, 11) is -3.64. The second-order valence-corrected chi connectivity index (χ2v) is 10.9. The third-order valence-corrected chi connectivity index (χ3v) is 8.33. The Morgan fingerprint density at radius 3 is 2.52 bits per heavy atom. The summed E-state index contributed by atoms with van der Waals surface area (Å²) in [6, 6.07) is 7.80. The SMILES string of the molecule is CCCn1c(C(=O)O)cc2c(C)c(Oc3ccc(O)c(S(=O)(=O)CC4CCC4)c3)c(C)cc21. The number of aromatic nitrogens is 1. The summed E-state index contributed by atoms with van der Waals surface area (Å²) in [4.78, 5) is 11.7. The molecular weight excluding hydrogens is 442 g/mol. The molecule has 1 aliphatic rings. The summed E-state index contributed by atoms with van der Waals surface area (Å²) < 4.78 is 33.6. The number of benzene rings is 2. The van der Waals surface area contributed by atoms with Gasteiger partial charge in [0.25, 0.3) is 0 Å². The first-order chi connectivity index (χ1) is 15.6. The van der Waals surface area contributed by atoms with Gasteiger partial charge in [-0.15, -0.1) is 0 Å². The number of fused-ring (bicyclic) bond motifs is 1. The van der Waals surface area contributed by atoms with Crippen LogP contribution in [0.5, 0.6) is 17.2 Å². The molecular formula is C25H29NO6S. The Morgan fingerprint density at radius 1 is 1.18 bits per heavy atom.